The van der Waals surface area contributed by atoms with E-state index in [0.717, 1.165) is 56.6 Å². The van der Waals surface area contributed by atoms with Crippen LogP contribution in [0.4, 0.5) is 13.6 Å². The minimum absolute atomic E-state index is 0.194. The molecular formula is C43H48F2N18O2. The Labute approximate surface area is 371 Å². The third-order valence-corrected chi connectivity index (χ3v) is 11.2. The molecule has 2 saturated heterocycles. The number of halogens is 2. The molecule has 336 valence electrons. The second kappa shape index (κ2) is 18.1. The summed E-state index contributed by atoms with van der Waals surface area (Å²) in [7, 11) is 3.51. The Morgan fingerprint density at radius 3 is 1.78 bits per heavy atom. The van der Waals surface area contributed by atoms with Crippen LogP contribution in [0.2, 0.25) is 0 Å². The number of nitrogens with one attached hydrogen (secondary N) is 1. The minimum Gasteiger partial charge on any atom is -0.444 e. The maximum Gasteiger partial charge on any atom is 0.410 e. The number of tetrazole rings is 2. The zero-order chi connectivity index (χ0) is 45.2. The second-order valence-electron chi connectivity index (χ2n) is 17.4. The van der Waals surface area contributed by atoms with Crippen LogP contribution in [-0.4, -0.2) is 122 Å². The van der Waals surface area contributed by atoms with Crippen LogP contribution in [0.1, 0.15) is 57.8 Å². The van der Waals surface area contributed by atoms with Crippen LogP contribution in [0.3, 0.4) is 0 Å². The predicted molar refractivity (Wildman–Crippen MR) is 231 cm³/mol. The van der Waals surface area contributed by atoms with Gasteiger partial charge in [-0.25, -0.2) is 52.8 Å². The molecule has 1 amide bonds. The van der Waals surface area contributed by atoms with Gasteiger partial charge in [0.25, 0.3) is 0 Å². The van der Waals surface area contributed by atoms with Crippen molar-refractivity contribution in [3.8, 4) is 46.1 Å². The van der Waals surface area contributed by atoms with Gasteiger partial charge in [-0.15, -0.1) is 10.2 Å². The molecule has 0 unspecified atom stereocenters. The number of fused-ring (bicyclic) bond motifs is 2. The number of pyridine rings is 2. The number of carbonyl (C=O) groups excluding carboxylic acids is 1. The van der Waals surface area contributed by atoms with Crippen molar-refractivity contribution in [3.05, 3.63) is 84.2 Å². The monoisotopic (exact) mass is 886 g/mol. The first-order valence-corrected chi connectivity index (χ1v) is 21.5. The van der Waals surface area contributed by atoms with Gasteiger partial charge in [0.15, 0.2) is 11.6 Å². The summed E-state index contributed by atoms with van der Waals surface area (Å²) in [4.78, 5) is 42.1. The Bertz CT molecular complexity index is 2970. The van der Waals surface area contributed by atoms with E-state index in [4.69, 9.17) is 19.7 Å². The lowest BCUT2D eigenvalue weighted by molar-refractivity contribution is 0.0165. The molecule has 20 nitrogen and oxygen atoms in total. The number of rotatable bonds is 8. The van der Waals surface area contributed by atoms with E-state index in [0.29, 0.717) is 82.8 Å². The number of likely N-dealkylation sites (tertiary alicyclic amines) is 1. The lowest BCUT2D eigenvalue weighted by Crippen LogP contribution is -2.43. The molecule has 8 aromatic heterocycles. The Hall–Kier alpha value is -7.23. The first-order chi connectivity index (χ1) is 31.3. The van der Waals surface area contributed by atoms with Crippen LogP contribution in [0, 0.1) is 23.5 Å². The van der Waals surface area contributed by atoms with Crippen LogP contribution < -0.4 is 5.32 Å². The van der Waals surface area contributed by atoms with Crippen molar-refractivity contribution in [2.24, 2.45) is 25.9 Å². The lowest BCUT2D eigenvalue weighted by atomic mass is 9.93. The first-order valence-electron chi connectivity index (χ1n) is 21.5. The van der Waals surface area contributed by atoms with Gasteiger partial charge >= 0.3 is 6.09 Å². The molecule has 0 saturated carbocycles. The Morgan fingerprint density at radius 2 is 1.29 bits per heavy atom. The topological polar surface area (TPSA) is 215 Å². The molecule has 10 rings (SSSR count). The maximum absolute atomic E-state index is 14.0. The highest BCUT2D eigenvalue weighted by atomic mass is 19.1. The highest BCUT2D eigenvalue weighted by Gasteiger charge is 2.29. The summed E-state index contributed by atoms with van der Waals surface area (Å²) < 4.78 is 39.8. The largest absolute Gasteiger partial charge is 0.444 e. The second-order valence-corrected chi connectivity index (χ2v) is 17.4. The Kier molecular flexibility index (Phi) is 12.0. The number of hydrogen-bond acceptors (Lipinski definition) is 15. The number of hydrogen-bond donors (Lipinski definition) is 1. The predicted octanol–water partition coefficient (Wildman–Crippen LogP) is 4.97. The van der Waals surface area contributed by atoms with E-state index in [-0.39, 0.29) is 23.6 Å². The van der Waals surface area contributed by atoms with Gasteiger partial charge in [0.2, 0.25) is 11.6 Å². The van der Waals surface area contributed by atoms with E-state index in [2.05, 4.69) is 51.3 Å². The molecule has 2 aliphatic rings. The van der Waals surface area contributed by atoms with E-state index >= 15 is 0 Å². The number of aryl methyl sites for hydroxylation is 2. The van der Waals surface area contributed by atoms with Gasteiger partial charge in [-0.1, -0.05) is 0 Å². The van der Waals surface area contributed by atoms with E-state index in [1.54, 1.807) is 57.0 Å². The van der Waals surface area contributed by atoms with Gasteiger partial charge in [0.1, 0.15) is 51.3 Å². The molecule has 10 heterocycles. The molecule has 2 atom stereocenters. The van der Waals surface area contributed by atoms with Gasteiger partial charge in [0, 0.05) is 51.0 Å². The minimum atomic E-state index is -0.544. The molecule has 65 heavy (non-hydrogen) atoms. The zero-order valence-corrected chi connectivity index (χ0v) is 36.7. The smallest absolute Gasteiger partial charge is 0.410 e. The number of ether oxygens (including phenoxy) is 1. The van der Waals surface area contributed by atoms with Crippen molar-refractivity contribution in [2.75, 3.05) is 26.2 Å². The molecule has 0 aromatic carbocycles. The maximum atomic E-state index is 14.0. The fourth-order valence-corrected chi connectivity index (χ4v) is 8.21. The molecule has 8 aromatic rings. The molecule has 0 bridgehead atoms. The van der Waals surface area contributed by atoms with Crippen LogP contribution in [0.15, 0.2) is 61.2 Å². The number of carbonyl (C=O) groups is 1. The van der Waals surface area contributed by atoms with Crippen LogP contribution in [0.25, 0.3) is 57.4 Å². The molecule has 2 fully saturated rings. The van der Waals surface area contributed by atoms with Crippen LogP contribution in [-0.2, 0) is 31.7 Å². The molecule has 0 radical (unpaired) electrons. The number of nitrogens with zero attached hydrogens (tertiary/aromatic N) is 17. The van der Waals surface area contributed by atoms with Crippen LogP contribution in [0.5, 0.6) is 0 Å². The third kappa shape index (κ3) is 9.81. The van der Waals surface area contributed by atoms with E-state index in [1.165, 1.54) is 29.2 Å². The summed E-state index contributed by atoms with van der Waals surface area (Å²) in [6.07, 6.45) is 11.3. The van der Waals surface area contributed by atoms with E-state index in [1.807, 2.05) is 32.9 Å². The molecule has 22 heteroatoms. The summed E-state index contributed by atoms with van der Waals surface area (Å²) in [5.41, 5.74) is 4.73. The van der Waals surface area contributed by atoms with E-state index < -0.39 is 5.60 Å². The fraction of sp³-hybridized carbons (Fsp3) is 0.419. The van der Waals surface area contributed by atoms with Gasteiger partial charge in [-0.2, -0.15) is 0 Å². The summed E-state index contributed by atoms with van der Waals surface area (Å²) in [5.74, 6) is 1.87. The quantitative estimate of drug-likeness (QED) is 0.213. The highest BCUT2D eigenvalue weighted by Crippen LogP contribution is 2.28. The number of imidazole rings is 2. The van der Waals surface area contributed by atoms with Gasteiger partial charge in [-0.3, -0.25) is 8.80 Å². The zero-order valence-electron chi connectivity index (χ0n) is 36.7. The van der Waals surface area contributed by atoms with Crippen molar-refractivity contribution in [3.63, 3.8) is 0 Å². The van der Waals surface area contributed by atoms with Crippen molar-refractivity contribution >= 4 is 17.4 Å². The van der Waals surface area contributed by atoms with Gasteiger partial charge < -0.3 is 15.0 Å². The Balaban J connectivity index is 0.000000168. The number of aromatic nitrogens is 16. The number of piperidine rings is 2. The Morgan fingerprint density at radius 1 is 0.754 bits per heavy atom. The van der Waals surface area contributed by atoms with Crippen molar-refractivity contribution in [2.45, 2.75) is 64.9 Å². The first kappa shape index (κ1) is 43.0. The number of amides is 1. The van der Waals surface area contributed by atoms with E-state index in [9.17, 15) is 13.6 Å². The average molecular weight is 887 g/mol. The van der Waals surface area contributed by atoms with Gasteiger partial charge in [-0.05, 0) is 141 Å². The SMILES string of the molecule is Cn1nnnc1-c1cc(C[C@@H]2CCCN(C(=O)OC(C)(C)C)C2)nc(-c2cnc3ccc(F)cn23)n1.Cn1nnnc1-c1cc(C[C@@H]2CCCNC2)nc(-c2cnc3ccc(F)cn23)n1. The third-order valence-electron chi connectivity index (χ3n) is 11.2. The molecule has 2 aliphatic heterocycles. The normalized spacial score (nSPS) is 16.8. The summed E-state index contributed by atoms with van der Waals surface area (Å²) >= 11 is 0. The van der Waals surface area contributed by atoms with Crippen LogP contribution >= 0.6 is 0 Å². The average Bonchev–Trinajstić information content (AvgIpc) is 4.10. The summed E-state index contributed by atoms with van der Waals surface area (Å²) in [5, 5.41) is 26.9. The fourth-order valence-electron chi connectivity index (χ4n) is 8.21. The lowest BCUT2D eigenvalue weighted by Gasteiger charge is -2.34. The molecule has 0 aliphatic carbocycles. The van der Waals surface area contributed by atoms with Crippen molar-refractivity contribution < 1.29 is 18.3 Å². The van der Waals surface area contributed by atoms with Crippen molar-refractivity contribution in [1.82, 2.24) is 89.3 Å². The van der Waals surface area contributed by atoms with Gasteiger partial charge in [0.05, 0.1) is 12.4 Å². The van der Waals surface area contributed by atoms with Crippen molar-refractivity contribution in [1.29, 1.82) is 0 Å². The summed E-state index contributed by atoms with van der Waals surface area (Å²) in [6, 6.07) is 9.78. The summed E-state index contributed by atoms with van der Waals surface area (Å²) in [6.45, 7) is 8.88. The standard InChI is InChI=1S/C24H28FN9O2.C19H20FN9/c1-24(2,3)36-23(35)33-9-5-6-15(13-33)10-17-11-18(22-29-30-31-32(22)4)28-21(27-17)19-12-26-20-8-7-16(25)14-34(19)20;1-28-19(25-26-27-28)15-8-14(7-12-3-2-6-21-9-12)23-18(24-15)16-10-22-17-5-4-13(20)11-29(16)17/h7-8,11-12,14-15H,5-6,9-10,13H2,1-4H3;4-5,8,10-12,21H,2-3,6-7,9H2,1H3/t15-;12-/m00/s1. The molecular weight excluding hydrogens is 839 g/mol. The highest BCUT2D eigenvalue weighted by molar-refractivity contribution is 5.68. The molecule has 0 spiro atoms. The molecule has 1 N–H and O–H groups in total.